The van der Waals surface area contributed by atoms with Gasteiger partial charge >= 0.3 is 0 Å². The molecule has 2 unspecified atom stereocenters. The lowest BCUT2D eigenvalue weighted by atomic mass is 9.74. The van der Waals surface area contributed by atoms with E-state index in [4.69, 9.17) is 0 Å². The first-order valence-corrected chi connectivity index (χ1v) is 7.21. The molecule has 0 spiro atoms. The maximum absolute atomic E-state index is 3.58. The first-order valence-electron chi connectivity index (χ1n) is 7.21. The Balaban J connectivity index is 2.37. The highest BCUT2D eigenvalue weighted by atomic mass is 14.9. The van der Waals surface area contributed by atoms with Crippen molar-refractivity contribution in [3.8, 4) is 0 Å². The van der Waals surface area contributed by atoms with Crippen LogP contribution < -0.4 is 5.32 Å². The summed E-state index contributed by atoms with van der Waals surface area (Å²) < 4.78 is 0. The molecule has 2 atom stereocenters. The van der Waals surface area contributed by atoms with Crippen molar-refractivity contribution >= 4 is 0 Å². The van der Waals surface area contributed by atoms with Crippen molar-refractivity contribution in [2.75, 3.05) is 7.05 Å². The molecule has 100 valence electrons. The van der Waals surface area contributed by atoms with E-state index in [9.17, 15) is 0 Å². The van der Waals surface area contributed by atoms with Crippen LogP contribution in [0.2, 0.25) is 0 Å². The van der Waals surface area contributed by atoms with E-state index in [1.807, 2.05) is 0 Å². The van der Waals surface area contributed by atoms with E-state index in [1.165, 1.54) is 36.0 Å². The minimum atomic E-state index is 0.462. The topological polar surface area (TPSA) is 12.0 Å². The van der Waals surface area contributed by atoms with Gasteiger partial charge in [0.1, 0.15) is 0 Å². The van der Waals surface area contributed by atoms with Gasteiger partial charge < -0.3 is 5.32 Å². The molecule has 18 heavy (non-hydrogen) atoms. The SMILES string of the molecule is CNC(c1cccc(C)c1C)C1CCCC1(C)C. The average Bonchev–Trinajstić information content (AvgIpc) is 2.66. The standard InChI is InChI=1S/C17H27N/c1-12-8-6-9-14(13(12)2)16(18-5)15-10-7-11-17(15,3)4/h6,8-9,15-16,18H,7,10-11H2,1-5H3. The lowest BCUT2D eigenvalue weighted by Gasteiger charge is -2.35. The van der Waals surface area contributed by atoms with Gasteiger partial charge in [0, 0.05) is 6.04 Å². The quantitative estimate of drug-likeness (QED) is 0.832. The Morgan fingerprint density at radius 3 is 2.56 bits per heavy atom. The second-order valence-electron chi connectivity index (χ2n) is 6.54. The minimum Gasteiger partial charge on any atom is -0.313 e. The summed E-state index contributed by atoms with van der Waals surface area (Å²) in [6.07, 6.45) is 4.09. The zero-order valence-corrected chi connectivity index (χ0v) is 12.5. The molecule has 0 aliphatic heterocycles. The van der Waals surface area contributed by atoms with Crippen LogP contribution in [0.5, 0.6) is 0 Å². The fourth-order valence-electron chi connectivity index (χ4n) is 3.66. The largest absolute Gasteiger partial charge is 0.313 e. The zero-order valence-electron chi connectivity index (χ0n) is 12.5. The first kappa shape index (κ1) is 13.6. The molecule has 1 heteroatoms. The van der Waals surface area contributed by atoms with Gasteiger partial charge in [0.15, 0.2) is 0 Å². The monoisotopic (exact) mass is 245 g/mol. The predicted octanol–water partition coefficient (Wildman–Crippen LogP) is 4.39. The van der Waals surface area contributed by atoms with Gasteiger partial charge in [0.05, 0.1) is 0 Å². The number of hydrogen-bond acceptors (Lipinski definition) is 1. The number of nitrogens with one attached hydrogen (secondary N) is 1. The van der Waals surface area contributed by atoms with Crippen LogP contribution in [-0.4, -0.2) is 7.05 Å². The highest BCUT2D eigenvalue weighted by Crippen LogP contribution is 2.49. The Kier molecular flexibility index (Phi) is 3.82. The van der Waals surface area contributed by atoms with E-state index in [1.54, 1.807) is 0 Å². The van der Waals surface area contributed by atoms with E-state index >= 15 is 0 Å². The summed E-state index contributed by atoms with van der Waals surface area (Å²) in [6, 6.07) is 7.22. The molecule has 1 nitrogen and oxygen atoms in total. The van der Waals surface area contributed by atoms with Crippen LogP contribution in [0, 0.1) is 25.2 Å². The summed E-state index contributed by atoms with van der Waals surface area (Å²) in [6.45, 7) is 9.34. The molecule has 0 amide bonds. The number of hydrogen-bond donors (Lipinski definition) is 1. The van der Waals surface area contributed by atoms with Crippen LogP contribution >= 0.6 is 0 Å². The van der Waals surface area contributed by atoms with Gasteiger partial charge in [-0.2, -0.15) is 0 Å². The van der Waals surface area contributed by atoms with Gasteiger partial charge in [-0.1, -0.05) is 38.5 Å². The van der Waals surface area contributed by atoms with E-state index in [-0.39, 0.29) is 0 Å². The molecule has 1 fully saturated rings. The van der Waals surface area contributed by atoms with Crippen molar-refractivity contribution in [3.05, 3.63) is 34.9 Å². The minimum absolute atomic E-state index is 0.462. The third-order valence-electron chi connectivity index (χ3n) is 5.03. The maximum atomic E-state index is 3.58. The van der Waals surface area contributed by atoms with Gasteiger partial charge in [0.2, 0.25) is 0 Å². The Hall–Kier alpha value is -0.820. The van der Waals surface area contributed by atoms with Crippen molar-refractivity contribution in [1.29, 1.82) is 0 Å². The van der Waals surface area contributed by atoms with Crippen LogP contribution in [0.4, 0.5) is 0 Å². The van der Waals surface area contributed by atoms with Crippen LogP contribution in [0.3, 0.4) is 0 Å². The highest BCUT2D eigenvalue weighted by molar-refractivity contribution is 5.36. The highest BCUT2D eigenvalue weighted by Gasteiger charge is 2.39. The van der Waals surface area contributed by atoms with Crippen molar-refractivity contribution in [3.63, 3.8) is 0 Å². The molecule has 0 bridgehead atoms. The van der Waals surface area contributed by atoms with Crippen LogP contribution in [-0.2, 0) is 0 Å². The van der Waals surface area contributed by atoms with Gasteiger partial charge in [0.25, 0.3) is 0 Å². The molecule has 1 N–H and O–H groups in total. The van der Waals surface area contributed by atoms with Gasteiger partial charge in [-0.05, 0) is 61.8 Å². The summed E-state index contributed by atoms with van der Waals surface area (Å²) in [7, 11) is 2.11. The lowest BCUT2D eigenvalue weighted by Crippen LogP contribution is -2.32. The average molecular weight is 245 g/mol. The van der Waals surface area contributed by atoms with E-state index < -0.39 is 0 Å². The van der Waals surface area contributed by atoms with E-state index in [0.717, 1.165) is 5.92 Å². The van der Waals surface area contributed by atoms with Crippen LogP contribution in [0.15, 0.2) is 18.2 Å². The summed E-state index contributed by atoms with van der Waals surface area (Å²) in [4.78, 5) is 0. The number of benzene rings is 1. The fourth-order valence-corrected chi connectivity index (χ4v) is 3.66. The molecule has 0 saturated heterocycles. The zero-order chi connectivity index (χ0) is 13.3. The predicted molar refractivity (Wildman–Crippen MR) is 78.8 cm³/mol. The van der Waals surface area contributed by atoms with Gasteiger partial charge in [-0.15, -0.1) is 0 Å². The van der Waals surface area contributed by atoms with Crippen LogP contribution in [0.25, 0.3) is 0 Å². The molecule has 1 aliphatic carbocycles. The third kappa shape index (κ3) is 2.33. The summed E-state index contributed by atoms with van der Waals surface area (Å²) >= 11 is 0. The maximum Gasteiger partial charge on any atom is 0.0354 e. The summed E-state index contributed by atoms with van der Waals surface area (Å²) in [5.74, 6) is 0.753. The van der Waals surface area contributed by atoms with Crippen molar-refractivity contribution in [1.82, 2.24) is 5.32 Å². The molecular formula is C17H27N. The molecule has 0 radical (unpaired) electrons. The second-order valence-corrected chi connectivity index (χ2v) is 6.54. The molecule has 0 heterocycles. The third-order valence-corrected chi connectivity index (χ3v) is 5.03. The van der Waals surface area contributed by atoms with Crippen molar-refractivity contribution < 1.29 is 0 Å². The molecule has 1 aromatic rings. The molecule has 1 aromatic carbocycles. The Bertz CT molecular complexity index is 420. The van der Waals surface area contributed by atoms with Crippen LogP contribution in [0.1, 0.15) is 55.8 Å². The van der Waals surface area contributed by atoms with Crippen molar-refractivity contribution in [2.45, 2.75) is 53.0 Å². The molecule has 1 saturated carbocycles. The normalized spacial score (nSPS) is 24.2. The molecule has 0 aromatic heterocycles. The Labute approximate surface area is 112 Å². The summed E-state index contributed by atoms with van der Waals surface area (Å²) in [5.41, 5.74) is 4.82. The van der Waals surface area contributed by atoms with E-state index in [0.29, 0.717) is 11.5 Å². The Morgan fingerprint density at radius 1 is 1.28 bits per heavy atom. The fraction of sp³-hybridized carbons (Fsp3) is 0.647. The number of rotatable bonds is 3. The molecular weight excluding hydrogens is 218 g/mol. The second kappa shape index (κ2) is 5.05. The van der Waals surface area contributed by atoms with Gasteiger partial charge in [-0.25, -0.2) is 0 Å². The first-order chi connectivity index (χ1) is 8.47. The Morgan fingerprint density at radius 2 is 2.00 bits per heavy atom. The molecule has 2 rings (SSSR count). The lowest BCUT2D eigenvalue weighted by molar-refractivity contribution is 0.203. The molecule has 1 aliphatic rings. The van der Waals surface area contributed by atoms with Crippen molar-refractivity contribution in [2.24, 2.45) is 11.3 Å². The number of aryl methyl sites for hydroxylation is 1. The smallest absolute Gasteiger partial charge is 0.0354 e. The van der Waals surface area contributed by atoms with E-state index in [2.05, 4.69) is 58.3 Å². The summed E-state index contributed by atoms with van der Waals surface area (Å²) in [5, 5.41) is 3.58. The van der Waals surface area contributed by atoms with Gasteiger partial charge in [-0.3, -0.25) is 0 Å².